The van der Waals surface area contributed by atoms with E-state index < -0.39 is 153 Å². The maximum Gasteiger partial charge on any atom is 0.0636 e. The summed E-state index contributed by atoms with van der Waals surface area (Å²) in [6, 6.07) is -14.3. The highest BCUT2D eigenvalue weighted by Crippen LogP contribution is 2.37. The van der Waals surface area contributed by atoms with Gasteiger partial charge in [0.25, 0.3) is 0 Å². The molecule has 0 N–H and O–H groups in total. The minimum atomic E-state index is -0.893. The first kappa shape index (κ1) is 5.31. The molecule has 0 aromatic heterocycles. The number of benzene rings is 5. The highest BCUT2D eigenvalue weighted by molar-refractivity contribution is 6.12. The van der Waals surface area contributed by atoms with Crippen molar-refractivity contribution in [1.82, 2.24) is 0 Å². The van der Waals surface area contributed by atoms with Crippen molar-refractivity contribution in [2.24, 2.45) is 0 Å². The van der Waals surface area contributed by atoms with Gasteiger partial charge in [-0.2, -0.15) is 0 Å². The molecule has 0 aliphatic rings. The highest BCUT2D eigenvalue weighted by Gasteiger charge is 2.10. The van der Waals surface area contributed by atoms with Crippen LogP contribution in [0.4, 0.5) is 0 Å². The lowest BCUT2D eigenvalue weighted by Gasteiger charge is -2.13. The van der Waals surface area contributed by atoms with Crippen LogP contribution in [-0.4, -0.2) is 0 Å². The zero-order valence-corrected chi connectivity index (χ0v) is 13.0. The van der Waals surface area contributed by atoms with Gasteiger partial charge < -0.3 is 0 Å². The molecule has 0 spiro atoms. The molecule has 0 saturated carbocycles. The molecule has 0 aliphatic carbocycles. The Labute approximate surface area is 178 Å². The van der Waals surface area contributed by atoms with Crippen molar-refractivity contribution < 1.29 is 24.7 Å². The van der Waals surface area contributed by atoms with Gasteiger partial charge in [-0.25, -0.2) is 0 Å². The van der Waals surface area contributed by atoms with Crippen LogP contribution in [-0.2, 0) is 0 Å². The Kier molecular flexibility index (Phi) is 1.26. The van der Waals surface area contributed by atoms with Crippen molar-refractivity contribution in [3.8, 4) is 22.3 Å². The second-order valence-electron chi connectivity index (χ2n) is 5.25. The minimum Gasteiger partial charge on any atom is -0.0622 e. The lowest BCUT2D eigenvalue weighted by Crippen LogP contribution is -1.86. The molecule has 0 unspecified atom stereocenters. The van der Waals surface area contributed by atoms with E-state index in [4.69, 9.17) is 24.7 Å². The summed E-state index contributed by atoms with van der Waals surface area (Å²) in [7, 11) is 0. The summed E-state index contributed by atoms with van der Waals surface area (Å²) >= 11 is 0. The summed E-state index contributed by atoms with van der Waals surface area (Å²) in [5.41, 5.74) is -2.49. The fourth-order valence-electron chi connectivity index (χ4n) is 2.66. The summed E-state index contributed by atoms with van der Waals surface area (Å²) in [6.45, 7) is 0. The van der Waals surface area contributed by atoms with Gasteiger partial charge in [0.1, 0.15) is 0 Å². The van der Waals surface area contributed by atoms with E-state index in [0.717, 1.165) is 0 Å². The number of hydrogen-bond donors (Lipinski definition) is 0. The maximum absolute atomic E-state index is 9.14. The van der Waals surface area contributed by atoms with Crippen molar-refractivity contribution in [2.75, 3.05) is 0 Å². The van der Waals surface area contributed by atoms with E-state index in [9.17, 15) is 0 Å². The standard InChI is InChI=1S/C26H18/c1-2-9-19(10-3-1)20-13-8-14-23(17-20)26-24-15-6-4-11-21(24)18-22-12-5-7-16-25(22)26/h1-18H/i1D,2D,3D,4D,5D,6D,7D,8D,9D,10D,11D,12D,13D,14D,15D,16D,17D,18D. The smallest absolute Gasteiger partial charge is 0.0622 e. The van der Waals surface area contributed by atoms with Crippen LogP contribution in [0.3, 0.4) is 0 Å². The van der Waals surface area contributed by atoms with E-state index in [0.29, 0.717) is 0 Å². The molecule has 0 atom stereocenters. The van der Waals surface area contributed by atoms with E-state index in [-0.39, 0.29) is 0 Å². The first-order valence-corrected chi connectivity index (χ1v) is 7.50. The summed E-state index contributed by atoms with van der Waals surface area (Å²) in [5.74, 6) is 0. The molecule has 0 fully saturated rings. The molecule has 0 heterocycles. The third-order valence-electron chi connectivity index (χ3n) is 3.75. The molecular weight excluding hydrogens is 312 g/mol. The van der Waals surface area contributed by atoms with Crippen LogP contribution in [0.5, 0.6) is 0 Å². The molecule has 0 nitrogen and oxygen atoms in total. The molecule has 0 radical (unpaired) electrons. The van der Waals surface area contributed by atoms with Gasteiger partial charge in [-0.05, 0) is 55.9 Å². The summed E-state index contributed by atoms with van der Waals surface area (Å²) < 4.78 is 152. The van der Waals surface area contributed by atoms with Gasteiger partial charge in [0, 0.05) is 0 Å². The van der Waals surface area contributed by atoms with Crippen LogP contribution >= 0.6 is 0 Å². The van der Waals surface area contributed by atoms with Crippen molar-refractivity contribution in [3.05, 3.63) is 109 Å². The van der Waals surface area contributed by atoms with Crippen LogP contribution in [0.1, 0.15) is 24.7 Å². The Hall–Kier alpha value is -3.38. The van der Waals surface area contributed by atoms with Crippen molar-refractivity contribution in [1.29, 1.82) is 0 Å². The van der Waals surface area contributed by atoms with Crippen LogP contribution < -0.4 is 0 Å². The van der Waals surface area contributed by atoms with Crippen LogP contribution in [0.2, 0.25) is 0 Å². The van der Waals surface area contributed by atoms with Crippen LogP contribution in [0, 0.1) is 0 Å². The van der Waals surface area contributed by atoms with E-state index in [2.05, 4.69) is 0 Å². The highest BCUT2D eigenvalue weighted by atomic mass is 14.1. The zero-order valence-electron chi connectivity index (χ0n) is 31.0. The lowest BCUT2D eigenvalue weighted by atomic mass is 9.90. The molecule has 5 aromatic rings. The Morgan fingerprint density at radius 1 is 0.423 bits per heavy atom. The van der Waals surface area contributed by atoms with Crippen molar-refractivity contribution in [3.63, 3.8) is 0 Å². The molecule has 0 saturated heterocycles. The molecular formula is C26H18. The Morgan fingerprint density at radius 2 is 0.962 bits per heavy atom. The fraction of sp³-hybridized carbons (Fsp3) is 0. The van der Waals surface area contributed by atoms with Gasteiger partial charge in [-0.1, -0.05) is 96.7 Å². The first-order valence-electron chi connectivity index (χ1n) is 16.5. The number of rotatable bonds is 2. The summed E-state index contributed by atoms with van der Waals surface area (Å²) in [4.78, 5) is 0. The molecule has 0 heteroatoms. The Balaban J connectivity index is 2.21. The third kappa shape index (κ3) is 2.48. The first-order chi connectivity index (χ1) is 20.4. The predicted octanol–water partition coefficient (Wildman–Crippen LogP) is 7.33. The van der Waals surface area contributed by atoms with Gasteiger partial charge in [0.2, 0.25) is 0 Å². The van der Waals surface area contributed by atoms with E-state index in [1.807, 2.05) is 0 Å². The molecule has 0 aliphatic heterocycles. The normalized spacial score (nSPS) is 20.8. The van der Waals surface area contributed by atoms with E-state index in [1.54, 1.807) is 0 Å². The molecule has 5 rings (SSSR count). The fourth-order valence-corrected chi connectivity index (χ4v) is 2.66. The maximum atomic E-state index is 9.14. The Morgan fingerprint density at radius 3 is 1.65 bits per heavy atom. The monoisotopic (exact) mass is 348 g/mol. The predicted molar refractivity (Wildman–Crippen MR) is 112 cm³/mol. The van der Waals surface area contributed by atoms with Gasteiger partial charge in [-0.3, -0.25) is 0 Å². The number of hydrogen-bond acceptors (Lipinski definition) is 0. The minimum absolute atomic E-state index is 0.492. The van der Waals surface area contributed by atoms with E-state index in [1.165, 1.54) is 0 Å². The zero-order chi connectivity index (χ0) is 33.0. The van der Waals surface area contributed by atoms with E-state index >= 15 is 0 Å². The van der Waals surface area contributed by atoms with Gasteiger partial charge in [0.15, 0.2) is 0 Å². The third-order valence-corrected chi connectivity index (χ3v) is 3.75. The second-order valence-corrected chi connectivity index (χ2v) is 5.25. The van der Waals surface area contributed by atoms with Gasteiger partial charge >= 0.3 is 0 Å². The molecule has 5 aromatic carbocycles. The average Bonchev–Trinajstić information content (AvgIpc) is 2.99. The molecule has 26 heavy (non-hydrogen) atoms. The Bertz CT molecular complexity index is 2040. The van der Waals surface area contributed by atoms with Crippen LogP contribution in [0.25, 0.3) is 43.8 Å². The summed E-state index contributed by atoms with van der Waals surface area (Å²) in [6.07, 6.45) is 0. The topological polar surface area (TPSA) is 0 Å². The average molecular weight is 349 g/mol. The second kappa shape index (κ2) is 6.16. The lowest BCUT2D eigenvalue weighted by molar-refractivity contribution is 1.61. The largest absolute Gasteiger partial charge is 0.0636 e. The van der Waals surface area contributed by atoms with Crippen molar-refractivity contribution in [2.45, 2.75) is 0 Å². The quantitative estimate of drug-likeness (QED) is 0.293. The molecule has 0 amide bonds. The van der Waals surface area contributed by atoms with Crippen molar-refractivity contribution >= 4 is 21.5 Å². The molecule has 0 bridgehead atoms. The van der Waals surface area contributed by atoms with Gasteiger partial charge in [0.05, 0.1) is 24.7 Å². The van der Waals surface area contributed by atoms with Crippen LogP contribution in [0.15, 0.2) is 109 Å². The molecule has 122 valence electrons. The summed E-state index contributed by atoms with van der Waals surface area (Å²) in [5, 5.41) is -1.98. The SMILES string of the molecule is [2H]c1c([2H])c([2H])c(-c2c([2H])c([2H])c([2H])c(-c3c4c([2H])c([2H])c([2H])c([2H])c4c([2H])c4c([2H])c([2H])c([2H])c([2H])c34)c2[2H])c([2H])c1[2H]. The number of fused-ring (bicyclic) bond motifs is 2. The van der Waals surface area contributed by atoms with Gasteiger partial charge in [-0.15, -0.1) is 0 Å².